The summed E-state index contributed by atoms with van der Waals surface area (Å²) in [6.07, 6.45) is 0. The van der Waals surface area contributed by atoms with Gasteiger partial charge in [0.15, 0.2) is 0 Å². The highest BCUT2D eigenvalue weighted by Gasteiger charge is 2.12. The minimum Gasteiger partial charge on any atom is -0.467 e. The van der Waals surface area contributed by atoms with Gasteiger partial charge in [-0.15, -0.1) is 0 Å². The van der Waals surface area contributed by atoms with E-state index in [0.717, 1.165) is 0 Å². The van der Waals surface area contributed by atoms with Gasteiger partial charge in [0, 0.05) is 13.6 Å². The molecule has 0 saturated carbocycles. The van der Waals surface area contributed by atoms with Crippen molar-refractivity contribution in [2.24, 2.45) is 0 Å². The maximum Gasteiger partial charge on any atom is 0.322 e. The van der Waals surface area contributed by atoms with Crippen molar-refractivity contribution in [1.82, 2.24) is 20.3 Å². The quantitative estimate of drug-likeness (QED) is 0.808. The molecule has 94 valence electrons. The Morgan fingerprint density at radius 2 is 2.18 bits per heavy atom. The first-order chi connectivity index (χ1) is 8.06. The third-order valence-corrected chi connectivity index (χ3v) is 2.02. The molecule has 1 rings (SSSR count). The second kappa shape index (κ2) is 6.19. The number of anilines is 1. The van der Waals surface area contributed by atoms with Gasteiger partial charge < -0.3 is 15.0 Å². The van der Waals surface area contributed by atoms with Crippen LogP contribution in [0.5, 0.6) is 6.01 Å². The van der Waals surface area contributed by atoms with Gasteiger partial charge >= 0.3 is 6.01 Å². The van der Waals surface area contributed by atoms with Crippen LogP contribution in [0.2, 0.25) is 5.28 Å². The first-order valence-electron chi connectivity index (χ1n) is 5.00. The molecule has 1 amide bonds. The van der Waals surface area contributed by atoms with Crippen molar-refractivity contribution >= 4 is 23.5 Å². The fraction of sp³-hybridized carbons (Fsp3) is 0.556. The molecular weight excluding hydrogens is 246 g/mol. The first kappa shape index (κ1) is 13.4. The molecule has 0 unspecified atom stereocenters. The molecular formula is C9H14ClN5O2. The lowest BCUT2D eigenvalue weighted by Crippen LogP contribution is -2.35. The summed E-state index contributed by atoms with van der Waals surface area (Å²) in [6.45, 7) is 2.56. The number of amides is 1. The number of methoxy groups -OCH3 is 1. The molecule has 0 spiro atoms. The molecule has 0 aliphatic carbocycles. The van der Waals surface area contributed by atoms with Gasteiger partial charge in [0.25, 0.3) is 0 Å². The highest BCUT2D eigenvalue weighted by molar-refractivity contribution is 6.28. The summed E-state index contributed by atoms with van der Waals surface area (Å²) >= 11 is 5.70. The van der Waals surface area contributed by atoms with Gasteiger partial charge in [-0.1, -0.05) is 0 Å². The molecule has 0 atom stereocenters. The Balaban J connectivity index is 2.77. The van der Waals surface area contributed by atoms with Crippen molar-refractivity contribution in [2.75, 3.05) is 32.1 Å². The Morgan fingerprint density at radius 3 is 2.76 bits per heavy atom. The number of carbonyl (C=O) groups is 1. The number of carbonyl (C=O) groups excluding carboxylic acids is 1. The Kier molecular flexibility index (Phi) is 4.89. The minimum atomic E-state index is -0.120. The van der Waals surface area contributed by atoms with E-state index in [1.165, 1.54) is 7.11 Å². The van der Waals surface area contributed by atoms with E-state index in [0.29, 0.717) is 6.54 Å². The fourth-order valence-corrected chi connectivity index (χ4v) is 1.27. The van der Waals surface area contributed by atoms with Gasteiger partial charge in [-0.3, -0.25) is 4.79 Å². The van der Waals surface area contributed by atoms with E-state index in [1.54, 1.807) is 11.9 Å². The second-order valence-corrected chi connectivity index (χ2v) is 3.54. The van der Waals surface area contributed by atoms with E-state index in [1.807, 2.05) is 6.92 Å². The monoisotopic (exact) mass is 259 g/mol. The summed E-state index contributed by atoms with van der Waals surface area (Å²) in [5.74, 6) is 0.165. The lowest BCUT2D eigenvalue weighted by Gasteiger charge is -2.16. The molecule has 0 saturated heterocycles. The fourth-order valence-electron chi connectivity index (χ4n) is 1.12. The molecule has 1 heterocycles. The summed E-state index contributed by atoms with van der Waals surface area (Å²) in [5.41, 5.74) is 0. The Morgan fingerprint density at radius 1 is 1.47 bits per heavy atom. The molecule has 1 N–H and O–H groups in total. The van der Waals surface area contributed by atoms with Crippen molar-refractivity contribution in [2.45, 2.75) is 6.92 Å². The van der Waals surface area contributed by atoms with Crippen LogP contribution in [0.25, 0.3) is 0 Å². The number of nitrogens with zero attached hydrogens (tertiary/aromatic N) is 4. The zero-order valence-corrected chi connectivity index (χ0v) is 10.7. The molecule has 17 heavy (non-hydrogen) atoms. The number of likely N-dealkylation sites (N-methyl/N-ethyl adjacent to an activating group) is 2. The van der Waals surface area contributed by atoms with Gasteiger partial charge in [-0.25, -0.2) is 0 Å². The number of aromatic nitrogens is 3. The molecule has 0 aliphatic heterocycles. The van der Waals surface area contributed by atoms with Gasteiger partial charge in [-0.2, -0.15) is 15.0 Å². The van der Waals surface area contributed by atoms with Crippen LogP contribution >= 0.6 is 11.6 Å². The largest absolute Gasteiger partial charge is 0.467 e. The van der Waals surface area contributed by atoms with E-state index in [4.69, 9.17) is 16.3 Å². The van der Waals surface area contributed by atoms with Crippen LogP contribution in [0, 0.1) is 0 Å². The molecule has 1 aromatic heterocycles. The standard InChI is InChI=1S/C9H14ClN5O2/c1-4-11-6(16)5-15(2)8-12-7(10)13-9(14-8)17-3/h4-5H2,1-3H3,(H,11,16). The van der Waals surface area contributed by atoms with E-state index in [2.05, 4.69) is 20.3 Å². The molecule has 0 aromatic carbocycles. The Bertz CT molecular complexity index is 401. The molecule has 1 aromatic rings. The molecule has 8 heteroatoms. The van der Waals surface area contributed by atoms with E-state index < -0.39 is 0 Å². The molecule has 7 nitrogen and oxygen atoms in total. The summed E-state index contributed by atoms with van der Waals surface area (Å²) in [4.78, 5) is 24.6. The zero-order valence-electron chi connectivity index (χ0n) is 9.90. The van der Waals surface area contributed by atoms with Crippen LogP contribution in [-0.2, 0) is 4.79 Å². The van der Waals surface area contributed by atoms with Crippen LogP contribution in [0.1, 0.15) is 6.92 Å². The lowest BCUT2D eigenvalue weighted by molar-refractivity contribution is -0.119. The number of halogens is 1. The number of ether oxygens (including phenoxy) is 1. The van der Waals surface area contributed by atoms with Gasteiger partial charge in [0.05, 0.1) is 13.7 Å². The highest BCUT2D eigenvalue weighted by Crippen LogP contribution is 2.13. The summed E-state index contributed by atoms with van der Waals surface area (Å²) in [5, 5.41) is 2.70. The van der Waals surface area contributed by atoms with Crippen molar-refractivity contribution in [3.05, 3.63) is 5.28 Å². The normalized spacial score (nSPS) is 9.88. The topological polar surface area (TPSA) is 80.2 Å². The van der Waals surface area contributed by atoms with Crippen molar-refractivity contribution in [3.63, 3.8) is 0 Å². The van der Waals surface area contributed by atoms with Gasteiger partial charge in [-0.05, 0) is 18.5 Å². The maximum absolute atomic E-state index is 11.4. The van der Waals surface area contributed by atoms with Crippen LogP contribution in [0.4, 0.5) is 5.95 Å². The number of hydrogen-bond acceptors (Lipinski definition) is 6. The Hall–Kier alpha value is -1.63. The minimum absolute atomic E-state index is 0.0228. The molecule has 0 radical (unpaired) electrons. The predicted octanol–water partition coefficient (Wildman–Crippen LogP) is 0.106. The van der Waals surface area contributed by atoms with Crippen molar-refractivity contribution < 1.29 is 9.53 Å². The van der Waals surface area contributed by atoms with Gasteiger partial charge in [0.2, 0.25) is 17.1 Å². The lowest BCUT2D eigenvalue weighted by atomic mass is 10.5. The van der Waals surface area contributed by atoms with Crippen LogP contribution < -0.4 is 15.0 Å². The van der Waals surface area contributed by atoms with Crippen LogP contribution in [-0.4, -0.2) is 48.1 Å². The highest BCUT2D eigenvalue weighted by atomic mass is 35.5. The average molecular weight is 260 g/mol. The average Bonchev–Trinajstić information content (AvgIpc) is 2.28. The summed E-state index contributed by atoms with van der Waals surface area (Å²) < 4.78 is 4.86. The van der Waals surface area contributed by atoms with E-state index in [9.17, 15) is 4.79 Å². The number of nitrogens with one attached hydrogen (secondary N) is 1. The SMILES string of the molecule is CCNC(=O)CN(C)c1nc(Cl)nc(OC)n1. The smallest absolute Gasteiger partial charge is 0.322 e. The summed E-state index contributed by atoms with van der Waals surface area (Å²) in [7, 11) is 3.11. The van der Waals surface area contributed by atoms with E-state index >= 15 is 0 Å². The summed E-state index contributed by atoms with van der Waals surface area (Å²) in [6, 6.07) is 0.114. The van der Waals surface area contributed by atoms with Crippen molar-refractivity contribution in [3.8, 4) is 6.01 Å². The molecule has 0 aliphatic rings. The van der Waals surface area contributed by atoms with Crippen LogP contribution in [0.3, 0.4) is 0 Å². The predicted molar refractivity (Wildman–Crippen MR) is 63.3 cm³/mol. The Labute approximate surface area is 104 Å². The number of rotatable bonds is 5. The third-order valence-electron chi connectivity index (χ3n) is 1.85. The zero-order chi connectivity index (χ0) is 12.8. The number of hydrogen-bond donors (Lipinski definition) is 1. The maximum atomic E-state index is 11.4. The van der Waals surface area contributed by atoms with Crippen molar-refractivity contribution in [1.29, 1.82) is 0 Å². The van der Waals surface area contributed by atoms with E-state index in [-0.39, 0.29) is 29.7 Å². The van der Waals surface area contributed by atoms with Crippen LogP contribution in [0.15, 0.2) is 0 Å². The second-order valence-electron chi connectivity index (χ2n) is 3.20. The molecule has 0 bridgehead atoms. The third kappa shape index (κ3) is 4.03. The van der Waals surface area contributed by atoms with Gasteiger partial charge in [0.1, 0.15) is 0 Å². The molecule has 0 fully saturated rings. The first-order valence-corrected chi connectivity index (χ1v) is 5.38.